The Hall–Kier alpha value is -3.17. The second-order valence-corrected chi connectivity index (χ2v) is 6.07. The summed E-state index contributed by atoms with van der Waals surface area (Å²) in [6.45, 7) is 2.45. The van der Waals surface area contributed by atoms with Crippen LogP contribution >= 0.6 is 0 Å². The van der Waals surface area contributed by atoms with Crippen LogP contribution in [0.1, 0.15) is 26.2 Å². The number of oxime groups is 1. The molecule has 1 aromatic carbocycles. The number of non-ortho nitro benzene ring substituents is 1. The molecule has 2 amide bonds. The van der Waals surface area contributed by atoms with Crippen LogP contribution in [0.3, 0.4) is 0 Å². The molecule has 0 unspecified atom stereocenters. The van der Waals surface area contributed by atoms with Gasteiger partial charge in [0.15, 0.2) is 6.61 Å². The minimum Gasteiger partial charge on any atom is -0.494 e. The third kappa shape index (κ3) is 5.66. The average molecular weight is 378 g/mol. The Morgan fingerprint density at radius 3 is 2.89 bits per heavy atom. The molecule has 27 heavy (non-hydrogen) atoms. The molecule has 0 bridgehead atoms. The van der Waals surface area contributed by atoms with Crippen molar-refractivity contribution in [1.82, 2.24) is 4.90 Å². The van der Waals surface area contributed by atoms with Crippen molar-refractivity contribution in [2.75, 3.05) is 25.6 Å². The van der Waals surface area contributed by atoms with Crippen molar-refractivity contribution in [3.8, 4) is 5.75 Å². The van der Waals surface area contributed by atoms with E-state index in [2.05, 4.69) is 10.5 Å². The normalized spacial score (nSPS) is 16.8. The Kier molecular flexibility index (Phi) is 7.09. The maximum atomic E-state index is 12.1. The number of rotatable bonds is 7. The number of hydrogen-bond acceptors (Lipinski definition) is 7. The first-order valence-corrected chi connectivity index (χ1v) is 8.50. The topological polar surface area (TPSA) is 123 Å². The zero-order valence-corrected chi connectivity index (χ0v) is 15.2. The fourth-order valence-corrected chi connectivity index (χ4v) is 2.79. The highest BCUT2D eigenvalue weighted by Crippen LogP contribution is 2.28. The number of carbonyl (C=O) groups excluding carboxylic acids is 2. The van der Waals surface area contributed by atoms with E-state index < -0.39 is 10.8 Å². The number of nitro groups is 1. The number of nitrogens with zero attached hydrogens (tertiary/aromatic N) is 3. The van der Waals surface area contributed by atoms with Crippen molar-refractivity contribution in [3.05, 3.63) is 28.3 Å². The minimum atomic E-state index is -0.624. The van der Waals surface area contributed by atoms with Gasteiger partial charge in [-0.2, -0.15) is 0 Å². The third-order valence-corrected chi connectivity index (χ3v) is 4.21. The lowest BCUT2D eigenvalue weighted by atomic mass is 10.0. The molecule has 2 rings (SSSR count). The summed E-state index contributed by atoms with van der Waals surface area (Å²) in [6, 6.07) is 3.97. The van der Waals surface area contributed by atoms with Crippen LogP contribution in [0.2, 0.25) is 0 Å². The van der Waals surface area contributed by atoms with E-state index in [0.29, 0.717) is 6.54 Å². The fourth-order valence-electron chi connectivity index (χ4n) is 2.79. The van der Waals surface area contributed by atoms with E-state index >= 15 is 0 Å². The fraction of sp³-hybridized carbons (Fsp3) is 0.471. The molecule has 0 aliphatic carbocycles. The number of hydrogen-bond donors (Lipinski definition) is 1. The highest BCUT2D eigenvalue weighted by molar-refractivity contribution is 6.31. The molecule has 1 aliphatic rings. The molecule has 1 heterocycles. The molecule has 1 aliphatic heterocycles. The summed E-state index contributed by atoms with van der Waals surface area (Å²) in [5.74, 6) is -0.654. The molecule has 146 valence electrons. The molecule has 0 radical (unpaired) electrons. The maximum absolute atomic E-state index is 12.1. The zero-order chi connectivity index (χ0) is 19.8. The van der Waals surface area contributed by atoms with Crippen LogP contribution < -0.4 is 10.1 Å². The Bertz CT molecular complexity index is 736. The Labute approximate surface area is 156 Å². The van der Waals surface area contributed by atoms with Gasteiger partial charge in [0.25, 0.3) is 17.5 Å². The summed E-state index contributed by atoms with van der Waals surface area (Å²) < 4.78 is 5.03. The molecule has 1 fully saturated rings. The van der Waals surface area contributed by atoms with Crippen molar-refractivity contribution in [1.29, 1.82) is 0 Å². The van der Waals surface area contributed by atoms with Gasteiger partial charge in [-0.1, -0.05) is 5.16 Å². The van der Waals surface area contributed by atoms with Gasteiger partial charge in [-0.25, -0.2) is 0 Å². The van der Waals surface area contributed by atoms with Crippen LogP contribution in [0.4, 0.5) is 11.4 Å². The number of methoxy groups -OCH3 is 1. The van der Waals surface area contributed by atoms with Gasteiger partial charge in [0.05, 0.1) is 23.8 Å². The molecule has 1 saturated heterocycles. The minimum absolute atomic E-state index is 0.140. The van der Waals surface area contributed by atoms with E-state index in [0.717, 1.165) is 25.5 Å². The molecule has 1 N–H and O–H groups in total. The smallest absolute Gasteiger partial charge is 0.273 e. The molecular weight excluding hydrogens is 356 g/mol. The molecule has 0 saturated carbocycles. The van der Waals surface area contributed by atoms with Gasteiger partial charge in [0.2, 0.25) is 0 Å². The molecule has 10 nitrogen and oxygen atoms in total. The van der Waals surface area contributed by atoms with Crippen LogP contribution in [-0.4, -0.2) is 54.2 Å². The van der Waals surface area contributed by atoms with E-state index in [-0.39, 0.29) is 35.7 Å². The van der Waals surface area contributed by atoms with Gasteiger partial charge in [-0.15, -0.1) is 0 Å². The van der Waals surface area contributed by atoms with Crippen molar-refractivity contribution in [2.24, 2.45) is 5.16 Å². The van der Waals surface area contributed by atoms with Crippen LogP contribution in [0.25, 0.3) is 0 Å². The first-order chi connectivity index (χ1) is 12.9. The lowest BCUT2D eigenvalue weighted by Crippen LogP contribution is -2.43. The van der Waals surface area contributed by atoms with E-state index in [4.69, 9.17) is 9.57 Å². The van der Waals surface area contributed by atoms with Crippen LogP contribution in [0.15, 0.2) is 23.4 Å². The SMILES string of the molecule is COc1cc([N+](=O)[O-])ccc1NC(=O)/C=N\OCC(=O)N1CCCC[C@@H]1C. The van der Waals surface area contributed by atoms with E-state index in [1.165, 1.54) is 25.3 Å². The number of anilines is 1. The lowest BCUT2D eigenvalue weighted by molar-refractivity contribution is -0.384. The predicted molar refractivity (Wildman–Crippen MR) is 97.7 cm³/mol. The van der Waals surface area contributed by atoms with Crippen molar-refractivity contribution in [3.63, 3.8) is 0 Å². The lowest BCUT2D eigenvalue weighted by Gasteiger charge is -2.32. The van der Waals surface area contributed by atoms with Crippen molar-refractivity contribution < 1.29 is 24.1 Å². The van der Waals surface area contributed by atoms with Crippen LogP contribution in [0.5, 0.6) is 5.75 Å². The summed E-state index contributed by atoms with van der Waals surface area (Å²) in [7, 11) is 1.33. The van der Waals surface area contributed by atoms with Crippen molar-refractivity contribution >= 4 is 29.4 Å². The monoisotopic (exact) mass is 378 g/mol. The third-order valence-electron chi connectivity index (χ3n) is 4.21. The number of amides is 2. The number of ether oxygens (including phenoxy) is 1. The Morgan fingerprint density at radius 2 is 2.22 bits per heavy atom. The largest absolute Gasteiger partial charge is 0.494 e. The summed E-state index contributed by atoms with van der Waals surface area (Å²) >= 11 is 0. The van der Waals surface area contributed by atoms with Gasteiger partial charge in [-0.05, 0) is 32.3 Å². The van der Waals surface area contributed by atoms with Gasteiger partial charge < -0.3 is 19.8 Å². The molecule has 1 aromatic rings. The summed E-state index contributed by atoms with van der Waals surface area (Å²) in [6.07, 6.45) is 3.93. The molecule has 10 heteroatoms. The predicted octanol–water partition coefficient (Wildman–Crippen LogP) is 1.95. The van der Waals surface area contributed by atoms with Crippen LogP contribution in [0, 0.1) is 10.1 Å². The second-order valence-electron chi connectivity index (χ2n) is 6.07. The van der Waals surface area contributed by atoms with E-state index in [1.807, 2.05) is 6.92 Å². The average Bonchev–Trinajstić information content (AvgIpc) is 2.65. The Balaban J connectivity index is 1.84. The Morgan fingerprint density at radius 1 is 1.44 bits per heavy atom. The first kappa shape index (κ1) is 20.1. The number of likely N-dealkylation sites (tertiary alicyclic amines) is 1. The highest BCUT2D eigenvalue weighted by Gasteiger charge is 2.23. The molecule has 0 spiro atoms. The summed E-state index contributed by atoms with van der Waals surface area (Å²) in [5, 5.41) is 16.7. The number of piperidine rings is 1. The zero-order valence-electron chi connectivity index (χ0n) is 15.2. The van der Waals surface area contributed by atoms with E-state index in [9.17, 15) is 19.7 Å². The number of carbonyl (C=O) groups is 2. The quantitative estimate of drug-likeness (QED) is 0.439. The molecular formula is C17H22N4O6. The standard InChI is InChI=1S/C17H22N4O6/c1-12-5-3-4-8-20(12)17(23)11-27-18-10-16(22)19-14-7-6-13(21(24)25)9-15(14)26-2/h6-7,9-10,12H,3-5,8,11H2,1-2H3,(H,19,22)/b18-10-/t12-/m0/s1. The van der Waals surface area contributed by atoms with Gasteiger partial charge in [0, 0.05) is 18.7 Å². The summed E-state index contributed by atoms with van der Waals surface area (Å²) in [4.78, 5) is 40.8. The first-order valence-electron chi connectivity index (χ1n) is 8.50. The second kappa shape index (κ2) is 9.51. The van der Waals surface area contributed by atoms with Gasteiger partial charge >= 0.3 is 0 Å². The van der Waals surface area contributed by atoms with Crippen molar-refractivity contribution in [2.45, 2.75) is 32.2 Å². The number of nitro benzene ring substituents is 1. The van der Waals surface area contributed by atoms with Crippen LogP contribution in [-0.2, 0) is 14.4 Å². The number of nitrogens with one attached hydrogen (secondary N) is 1. The number of benzene rings is 1. The van der Waals surface area contributed by atoms with Gasteiger partial charge in [0.1, 0.15) is 12.0 Å². The maximum Gasteiger partial charge on any atom is 0.273 e. The van der Waals surface area contributed by atoms with E-state index in [1.54, 1.807) is 4.90 Å². The molecule has 0 aromatic heterocycles. The van der Waals surface area contributed by atoms with Gasteiger partial charge in [-0.3, -0.25) is 19.7 Å². The summed E-state index contributed by atoms with van der Waals surface area (Å²) in [5.41, 5.74) is 0.0880. The molecule has 1 atom stereocenters. The highest BCUT2D eigenvalue weighted by atomic mass is 16.6.